The van der Waals surface area contributed by atoms with E-state index in [1.165, 1.54) is 13.1 Å². The second kappa shape index (κ2) is 10.7. The summed E-state index contributed by atoms with van der Waals surface area (Å²) in [5.41, 5.74) is 2.41. The zero-order valence-corrected chi connectivity index (χ0v) is 19.3. The van der Waals surface area contributed by atoms with E-state index in [0.717, 1.165) is 16.1 Å². The number of carboxylic acids is 1. The summed E-state index contributed by atoms with van der Waals surface area (Å²) < 4.78 is 25.2. The van der Waals surface area contributed by atoms with Gasteiger partial charge >= 0.3 is 5.97 Å². The second-order valence-electron chi connectivity index (χ2n) is 7.84. The Hall–Kier alpha value is -2.82. The topological polar surface area (TPSA) is 141 Å². The van der Waals surface area contributed by atoms with Crippen molar-refractivity contribution in [1.82, 2.24) is 9.97 Å². The smallest absolute Gasteiger partial charge is 0.305 e. The first-order valence-electron chi connectivity index (χ1n) is 10.1. The van der Waals surface area contributed by atoms with Gasteiger partial charge in [0, 0.05) is 24.6 Å². The standard InChI is InChI=1S/C22H29N3O6S/c1-14(2)20-18(11-10-16(26)12-17(27)13-19(28)29)21(15-8-6-5-7-9-15)24-22(23-20)25(3)32(4,30)31/h5-11,14,16-17,26-27H,12-13H2,1-4H3,(H,28,29). The molecule has 2 aromatic rings. The summed E-state index contributed by atoms with van der Waals surface area (Å²) in [5, 5.41) is 28.8. The van der Waals surface area contributed by atoms with Crippen molar-refractivity contribution in [2.24, 2.45) is 0 Å². The molecule has 0 spiro atoms. The highest BCUT2D eigenvalue weighted by molar-refractivity contribution is 7.92. The second-order valence-corrected chi connectivity index (χ2v) is 9.85. The van der Waals surface area contributed by atoms with Crippen LogP contribution in [0.25, 0.3) is 17.3 Å². The average Bonchev–Trinajstić information content (AvgIpc) is 2.70. The molecule has 1 aromatic carbocycles. The molecule has 32 heavy (non-hydrogen) atoms. The number of aromatic nitrogens is 2. The molecule has 2 rings (SSSR count). The van der Waals surface area contributed by atoms with Crippen LogP contribution in [0.4, 0.5) is 5.95 Å². The highest BCUT2D eigenvalue weighted by Crippen LogP contribution is 2.31. The molecule has 0 bridgehead atoms. The molecule has 0 aliphatic carbocycles. The van der Waals surface area contributed by atoms with Crippen molar-refractivity contribution in [3.63, 3.8) is 0 Å². The Morgan fingerprint density at radius 3 is 2.31 bits per heavy atom. The van der Waals surface area contributed by atoms with E-state index >= 15 is 0 Å². The first-order valence-corrected chi connectivity index (χ1v) is 11.9. The molecule has 10 heteroatoms. The summed E-state index contributed by atoms with van der Waals surface area (Å²) >= 11 is 0. The lowest BCUT2D eigenvalue weighted by Crippen LogP contribution is -2.27. The van der Waals surface area contributed by atoms with Crippen LogP contribution in [0.5, 0.6) is 0 Å². The van der Waals surface area contributed by atoms with Crippen LogP contribution in [0.1, 0.15) is 43.9 Å². The lowest BCUT2D eigenvalue weighted by atomic mass is 9.97. The molecule has 174 valence electrons. The van der Waals surface area contributed by atoms with E-state index in [2.05, 4.69) is 9.97 Å². The minimum Gasteiger partial charge on any atom is -0.481 e. The number of carbonyl (C=O) groups is 1. The summed E-state index contributed by atoms with van der Waals surface area (Å²) in [6, 6.07) is 9.18. The number of nitrogens with zero attached hydrogens (tertiary/aromatic N) is 3. The van der Waals surface area contributed by atoms with Crippen molar-refractivity contribution in [1.29, 1.82) is 0 Å². The van der Waals surface area contributed by atoms with Gasteiger partial charge in [-0.1, -0.05) is 56.3 Å². The van der Waals surface area contributed by atoms with E-state index in [4.69, 9.17) is 5.11 Å². The van der Waals surface area contributed by atoms with Crippen molar-refractivity contribution in [3.8, 4) is 11.3 Å². The molecule has 1 aromatic heterocycles. The molecule has 0 saturated heterocycles. The summed E-state index contributed by atoms with van der Waals surface area (Å²) in [5.74, 6) is -1.22. The number of benzene rings is 1. The first-order chi connectivity index (χ1) is 14.9. The van der Waals surface area contributed by atoms with Gasteiger partial charge in [-0.05, 0) is 5.92 Å². The fraction of sp³-hybridized carbons (Fsp3) is 0.409. The highest BCUT2D eigenvalue weighted by atomic mass is 32.2. The van der Waals surface area contributed by atoms with Gasteiger partial charge in [-0.3, -0.25) is 4.79 Å². The number of rotatable bonds is 10. The number of hydrogen-bond donors (Lipinski definition) is 3. The largest absolute Gasteiger partial charge is 0.481 e. The van der Waals surface area contributed by atoms with Crippen LogP contribution in [0.15, 0.2) is 36.4 Å². The number of carboxylic acid groups (broad SMARTS) is 1. The third-order valence-corrected chi connectivity index (χ3v) is 5.90. The average molecular weight is 464 g/mol. The van der Waals surface area contributed by atoms with E-state index in [9.17, 15) is 23.4 Å². The maximum atomic E-state index is 12.1. The summed E-state index contributed by atoms with van der Waals surface area (Å²) in [7, 11) is -2.20. The van der Waals surface area contributed by atoms with Crippen molar-refractivity contribution in [2.45, 2.75) is 44.8 Å². The quantitative estimate of drug-likeness (QED) is 0.487. The van der Waals surface area contributed by atoms with Gasteiger partial charge in [0.1, 0.15) is 0 Å². The number of sulfonamides is 1. The minimum absolute atomic E-state index is 0.0321. The van der Waals surface area contributed by atoms with E-state index in [1.54, 1.807) is 6.08 Å². The van der Waals surface area contributed by atoms with Gasteiger partial charge in [-0.2, -0.15) is 0 Å². The molecule has 2 atom stereocenters. The highest BCUT2D eigenvalue weighted by Gasteiger charge is 2.22. The van der Waals surface area contributed by atoms with Crippen molar-refractivity contribution < 1.29 is 28.5 Å². The predicted octanol–water partition coefficient (Wildman–Crippen LogP) is 2.26. The third kappa shape index (κ3) is 6.84. The summed E-state index contributed by atoms with van der Waals surface area (Å²) in [6.45, 7) is 3.82. The maximum absolute atomic E-state index is 12.1. The molecule has 0 aliphatic rings. The Balaban J connectivity index is 2.58. The van der Waals surface area contributed by atoms with Crippen molar-refractivity contribution >= 4 is 28.0 Å². The summed E-state index contributed by atoms with van der Waals surface area (Å²) in [4.78, 5) is 19.7. The number of aliphatic hydroxyl groups is 2. The van der Waals surface area contributed by atoms with Gasteiger partial charge in [0.05, 0.1) is 36.3 Å². The molecule has 1 heterocycles. The lowest BCUT2D eigenvalue weighted by molar-refractivity contribution is -0.139. The van der Waals surface area contributed by atoms with Gasteiger partial charge < -0.3 is 15.3 Å². The van der Waals surface area contributed by atoms with Gasteiger partial charge in [-0.25, -0.2) is 22.7 Å². The molecule has 0 fully saturated rings. The molecule has 0 radical (unpaired) electrons. The van der Waals surface area contributed by atoms with Crippen LogP contribution in [0, 0.1) is 0 Å². The van der Waals surface area contributed by atoms with E-state index < -0.39 is 34.6 Å². The Labute approximate surface area is 188 Å². The van der Waals surface area contributed by atoms with Crippen LogP contribution < -0.4 is 4.31 Å². The van der Waals surface area contributed by atoms with Crippen LogP contribution in [0.2, 0.25) is 0 Å². The molecule has 2 unspecified atom stereocenters. The molecule has 3 N–H and O–H groups in total. The molecule has 0 amide bonds. The van der Waals surface area contributed by atoms with Gasteiger partial charge in [0.25, 0.3) is 0 Å². The third-order valence-electron chi connectivity index (χ3n) is 4.75. The van der Waals surface area contributed by atoms with Crippen LogP contribution in [-0.2, 0) is 14.8 Å². The van der Waals surface area contributed by atoms with E-state index in [1.807, 2.05) is 44.2 Å². The molecular weight excluding hydrogens is 434 g/mol. The van der Waals surface area contributed by atoms with Crippen molar-refractivity contribution in [3.05, 3.63) is 47.7 Å². The fourth-order valence-electron chi connectivity index (χ4n) is 3.03. The van der Waals surface area contributed by atoms with Crippen LogP contribution in [-0.4, -0.2) is 65.2 Å². The molecule has 9 nitrogen and oxygen atoms in total. The van der Waals surface area contributed by atoms with Crippen molar-refractivity contribution in [2.75, 3.05) is 17.6 Å². The monoisotopic (exact) mass is 463 g/mol. The number of aliphatic hydroxyl groups excluding tert-OH is 2. The van der Waals surface area contributed by atoms with Crippen LogP contribution >= 0.6 is 0 Å². The SMILES string of the molecule is CC(C)c1nc(N(C)S(C)(=O)=O)nc(-c2ccccc2)c1C=CC(O)CC(O)CC(=O)O. The van der Waals surface area contributed by atoms with Gasteiger partial charge in [0.2, 0.25) is 16.0 Å². The lowest BCUT2D eigenvalue weighted by Gasteiger charge is -2.20. The predicted molar refractivity (Wildman–Crippen MR) is 123 cm³/mol. The molecule has 0 saturated carbocycles. The number of anilines is 1. The Morgan fingerprint density at radius 1 is 1.16 bits per heavy atom. The zero-order valence-electron chi connectivity index (χ0n) is 18.5. The maximum Gasteiger partial charge on any atom is 0.305 e. The first kappa shape index (κ1) is 25.4. The Bertz CT molecular complexity index is 1070. The number of aliphatic carboxylic acids is 1. The zero-order chi connectivity index (χ0) is 24.1. The number of hydrogen-bond acceptors (Lipinski definition) is 7. The van der Waals surface area contributed by atoms with Gasteiger partial charge in [0.15, 0.2) is 0 Å². The fourth-order valence-corrected chi connectivity index (χ4v) is 3.41. The Kier molecular flexibility index (Phi) is 8.48. The minimum atomic E-state index is -3.58. The molecular formula is C22H29N3O6S. The van der Waals surface area contributed by atoms with E-state index in [-0.39, 0.29) is 18.3 Å². The van der Waals surface area contributed by atoms with Crippen LogP contribution in [0.3, 0.4) is 0 Å². The normalized spacial score (nSPS) is 14.0. The van der Waals surface area contributed by atoms with Gasteiger partial charge in [-0.15, -0.1) is 0 Å². The van der Waals surface area contributed by atoms with E-state index in [0.29, 0.717) is 17.0 Å². The molecule has 0 aliphatic heterocycles. The Morgan fingerprint density at radius 2 is 1.78 bits per heavy atom. The summed E-state index contributed by atoms with van der Waals surface area (Å²) in [6.07, 6.45) is 1.25.